The van der Waals surface area contributed by atoms with E-state index in [1.807, 2.05) is 0 Å². The molecule has 0 atom stereocenters. The van der Waals surface area contributed by atoms with E-state index in [4.69, 9.17) is 0 Å². The SMILES string of the molecule is C=CCCNCCOCC(F)(F)F. The van der Waals surface area contributed by atoms with E-state index in [2.05, 4.69) is 16.6 Å². The molecule has 0 rings (SSSR count). The van der Waals surface area contributed by atoms with E-state index in [1.54, 1.807) is 6.08 Å². The zero-order valence-electron chi connectivity index (χ0n) is 7.36. The maximum absolute atomic E-state index is 11.5. The normalized spacial score (nSPS) is 11.6. The fraction of sp³-hybridized carbons (Fsp3) is 0.750. The van der Waals surface area contributed by atoms with Crippen LogP contribution in [0.15, 0.2) is 12.7 Å². The highest BCUT2D eigenvalue weighted by Crippen LogP contribution is 2.13. The Hall–Kier alpha value is -0.550. The topological polar surface area (TPSA) is 21.3 Å². The van der Waals surface area contributed by atoms with Crippen LogP contribution in [0.5, 0.6) is 0 Å². The molecule has 0 radical (unpaired) electrons. The summed E-state index contributed by atoms with van der Waals surface area (Å²) in [6, 6.07) is 0. The van der Waals surface area contributed by atoms with E-state index in [1.165, 1.54) is 0 Å². The summed E-state index contributed by atoms with van der Waals surface area (Å²) < 4.78 is 38.9. The van der Waals surface area contributed by atoms with E-state index in [-0.39, 0.29) is 6.61 Å². The molecule has 0 aromatic carbocycles. The molecule has 0 saturated carbocycles. The first-order chi connectivity index (χ1) is 6.06. The van der Waals surface area contributed by atoms with Gasteiger partial charge in [0.1, 0.15) is 6.61 Å². The summed E-state index contributed by atoms with van der Waals surface area (Å²) in [5, 5.41) is 2.91. The minimum atomic E-state index is -4.22. The number of alkyl halides is 3. The Kier molecular flexibility index (Phi) is 6.62. The highest BCUT2D eigenvalue weighted by atomic mass is 19.4. The zero-order chi connectivity index (χ0) is 10.2. The fourth-order valence-corrected chi connectivity index (χ4v) is 0.661. The van der Waals surface area contributed by atoms with Crippen molar-refractivity contribution in [3.05, 3.63) is 12.7 Å². The Morgan fingerprint density at radius 3 is 2.54 bits per heavy atom. The third-order valence-corrected chi connectivity index (χ3v) is 1.21. The maximum Gasteiger partial charge on any atom is 0.411 e. The second-order valence-electron chi connectivity index (χ2n) is 2.50. The highest BCUT2D eigenvalue weighted by molar-refractivity contribution is 4.67. The van der Waals surface area contributed by atoms with Crippen LogP contribution in [0.1, 0.15) is 6.42 Å². The second kappa shape index (κ2) is 6.91. The molecule has 0 aliphatic rings. The van der Waals surface area contributed by atoms with Crippen LogP contribution < -0.4 is 5.32 Å². The third-order valence-electron chi connectivity index (χ3n) is 1.21. The molecule has 0 unspecified atom stereocenters. The van der Waals surface area contributed by atoms with E-state index in [0.29, 0.717) is 6.54 Å². The number of hydrogen-bond acceptors (Lipinski definition) is 2. The van der Waals surface area contributed by atoms with Crippen LogP contribution in [0.3, 0.4) is 0 Å². The van der Waals surface area contributed by atoms with Crippen molar-refractivity contribution in [2.45, 2.75) is 12.6 Å². The van der Waals surface area contributed by atoms with Gasteiger partial charge in [-0.2, -0.15) is 13.2 Å². The zero-order valence-corrected chi connectivity index (χ0v) is 7.36. The minimum Gasteiger partial charge on any atom is -0.371 e. The molecule has 0 bridgehead atoms. The van der Waals surface area contributed by atoms with Crippen molar-refractivity contribution in [3.8, 4) is 0 Å². The molecule has 1 N–H and O–H groups in total. The molecule has 0 amide bonds. The van der Waals surface area contributed by atoms with Gasteiger partial charge in [-0.1, -0.05) is 6.08 Å². The van der Waals surface area contributed by atoms with Gasteiger partial charge in [0.25, 0.3) is 0 Å². The van der Waals surface area contributed by atoms with Crippen molar-refractivity contribution in [3.63, 3.8) is 0 Å². The molecular formula is C8H14F3NO. The Bertz CT molecular complexity index is 136. The van der Waals surface area contributed by atoms with Crippen LogP contribution in [-0.2, 0) is 4.74 Å². The van der Waals surface area contributed by atoms with Crippen molar-refractivity contribution in [2.24, 2.45) is 0 Å². The van der Waals surface area contributed by atoms with Crippen LogP contribution in [0.4, 0.5) is 13.2 Å². The van der Waals surface area contributed by atoms with Crippen molar-refractivity contribution >= 4 is 0 Å². The molecule has 13 heavy (non-hydrogen) atoms. The van der Waals surface area contributed by atoms with Crippen molar-refractivity contribution in [1.82, 2.24) is 5.32 Å². The molecule has 0 aliphatic carbocycles. The lowest BCUT2D eigenvalue weighted by molar-refractivity contribution is -0.173. The summed E-state index contributed by atoms with van der Waals surface area (Å²) in [6.07, 6.45) is -1.68. The lowest BCUT2D eigenvalue weighted by atomic mass is 10.4. The number of hydrogen-bond donors (Lipinski definition) is 1. The third kappa shape index (κ3) is 11.5. The molecule has 2 nitrogen and oxygen atoms in total. The van der Waals surface area contributed by atoms with E-state index in [0.717, 1.165) is 13.0 Å². The molecule has 0 fully saturated rings. The van der Waals surface area contributed by atoms with E-state index < -0.39 is 12.8 Å². The molecule has 0 aromatic rings. The summed E-state index contributed by atoms with van der Waals surface area (Å²) in [4.78, 5) is 0. The molecule has 0 aromatic heterocycles. The number of ether oxygens (including phenoxy) is 1. The molecular weight excluding hydrogens is 183 g/mol. The lowest BCUT2D eigenvalue weighted by Crippen LogP contribution is -2.24. The Balaban J connectivity index is 3.04. The molecule has 78 valence electrons. The average molecular weight is 197 g/mol. The summed E-state index contributed by atoms with van der Waals surface area (Å²) in [7, 11) is 0. The monoisotopic (exact) mass is 197 g/mol. The number of halogens is 3. The van der Waals surface area contributed by atoms with Gasteiger partial charge in [0, 0.05) is 6.54 Å². The number of rotatable bonds is 7. The molecule has 0 heterocycles. The maximum atomic E-state index is 11.5. The van der Waals surface area contributed by atoms with Crippen LogP contribution >= 0.6 is 0 Å². The average Bonchev–Trinajstić information content (AvgIpc) is 2.01. The van der Waals surface area contributed by atoms with Crippen LogP contribution in [0.2, 0.25) is 0 Å². The smallest absolute Gasteiger partial charge is 0.371 e. The van der Waals surface area contributed by atoms with Gasteiger partial charge in [0.05, 0.1) is 6.61 Å². The van der Waals surface area contributed by atoms with Crippen molar-refractivity contribution < 1.29 is 17.9 Å². The van der Waals surface area contributed by atoms with Gasteiger partial charge in [-0.05, 0) is 13.0 Å². The molecule has 0 saturated heterocycles. The Labute approximate surface area is 75.8 Å². The molecule has 0 spiro atoms. The summed E-state index contributed by atoms with van der Waals surface area (Å²) >= 11 is 0. The fourth-order valence-electron chi connectivity index (χ4n) is 0.661. The van der Waals surface area contributed by atoms with Crippen LogP contribution in [0.25, 0.3) is 0 Å². The Morgan fingerprint density at radius 1 is 1.31 bits per heavy atom. The molecule has 0 aliphatic heterocycles. The highest BCUT2D eigenvalue weighted by Gasteiger charge is 2.26. The van der Waals surface area contributed by atoms with E-state index in [9.17, 15) is 13.2 Å². The summed E-state index contributed by atoms with van der Waals surface area (Å²) in [5.74, 6) is 0. The summed E-state index contributed by atoms with van der Waals surface area (Å²) in [6.45, 7) is 3.57. The van der Waals surface area contributed by atoms with Gasteiger partial charge in [0.15, 0.2) is 0 Å². The quantitative estimate of drug-likeness (QED) is 0.495. The van der Waals surface area contributed by atoms with Gasteiger partial charge >= 0.3 is 6.18 Å². The van der Waals surface area contributed by atoms with E-state index >= 15 is 0 Å². The minimum absolute atomic E-state index is 0.0800. The summed E-state index contributed by atoms with van der Waals surface area (Å²) in [5.41, 5.74) is 0. The van der Waals surface area contributed by atoms with Crippen molar-refractivity contribution in [2.75, 3.05) is 26.3 Å². The largest absolute Gasteiger partial charge is 0.411 e. The van der Waals surface area contributed by atoms with Crippen LogP contribution in [0, 0.1) is 0 Å². The lowest BCUT2D eigenvalue weighted by Gasteiger charge is -2.07. The van der Waals surface area contributed by atoms with Gasteiger partial charge in [-0.3, -0.25) is 0 Å². The van der Waals surface area contributed by atoms with Crippen LogP contribution in [-0.4, -0.2) is 32.5 Å². The second-order valence-corrected chi connectivity index (χ2v) is 2.50. The van der Waals surface area contributed by atoms with Gasteiger partial charge in [-0.15, -0.1) is 6.58 Å². The Morgan fingerprint density at radius 2 is 2.00 bits per heavy atom. The first kappa shape index (κ1) is 12.4. The van der Waals surface area contributed by atoms with Gasteiger partial charge in [0.2, 0.25) is 0 Å². The molecule has 5 heteroatoms. The number of nitrogens with one attached hydrogen (secondary N) is 1. The first-order valence-electron chi connectivity index (χ1n) is 4.02. The standard InChI is InChI=1S/C8H14F3NO/c1-2-3-4-12-5-6-13-7-8(9,10)11/h2,12H,1,3-7H2. The first-order valence-corrected chi connectivity index (χ1v) is 4.02. The van der Waals surface area contributed by atoms with Gasteiger partial charge in [-0.25, -0.2) is 0 Å². The predicted molar refractivity (Wildman–Crippen MR) is 44.6 cm³/mol. The van der Waals surface area contributed by atoms with Gasteiger partial charge < -0.3 is 10.1 Å². The predicted octanol–water partition coefficient (Wildman–Crippen LogP) is 1.73. The van der Waals surface area contributed by atoms with Crippen molar-refractivity contribution in [1.29, 1.82) is 0 Å².